The molecule has 0 aromatic heterocycles. The Bertz CT molecular complexity index is 485. The van der Waals surface area contributed by atoms with Crippen LogP contribution in [-0.4, -0.2) is 0 Å². The molecule has 0 aliphatic carbocycles. The summed E-state index contributed by atoms with van der Waals surface area (Å²) in [5, 5.41) is 0. The van der Waals surface area contributed by atoms with Crippen molar-refractivity contribution in [1.29, 1.82) is 0 Å². The molecule has 2 N–H and O–H groups in total. The summed E-state index contributed by atoms with van der Waals surface area (Å²) in [4.78, 5) is 1.26. The van der Waals surface area contributed by atoms with Crippen LogP contribution in [0.5, 0.6) is 0 Å². The molecule has 0 bridgehead atoms. The van der Waals surface area contributed by atoms with Crippen LogP contribution in [0.2, 0.25) is 0 Å². The highest BCUT2D eigenvalue weighted by atomic mass is 79.9. The largest absolute Gasteiger partial charge is 0.326 e. The van der Waals surface area contributed by atoms with Crippen LogP contribution in [0.25, 0.3) is 0 Å². The van der Waals surface area contributed by atoms with Gasteiger partial charge in [-0.15, -0.1) is 11.8 Å². The number of benzene rings is 2. The molecule has 3 heteroatoms. The van der Waals surface area contributed by atoms with Crippen LogP contribution in [0, 0.1) is 0 Å². The lowest BCUT2D eigenvalue weighted by Crippen LogP contribution is -1.99. The van der Waals surface area contributed by atoms with Crippen LogP contribution < -0.4 is 5.73 Å². The van der Waals surface area contributed by atoms with Crippen LogP contribution in [0.1, 0.15) is 11.1 Å². The summed E-state index contributed by atoms with van der Waals surface area (Å²) in [6, 6.07) is 16.7. The van der Waals surface area contributed by atoms with E-state index < -0.39 is 0 Å². The van der Waals surface area contributed by atoms with Crippen molar-refractivity contribution >= 4 is 27.7 Å². The Balaban J connectivity index is 2.12. The average molecular weight is 308 g/mol. The fourth-order valence-corrected chi connectivity index (χ4v) is 3.32. The van der Waals surface area contributed by atoms with Gasteiger partial charge in [-0.2, -0.15) is 0 Å². The molecule has 0 atom stereocenters. The molecular formula is C14H14BrNS. The van der Waals surface area contributed by atoms with E-state index in [0.717, 1.165) is 10.2 Å². The number of nitrogens with two attached hydrogens (primary N) is 1. The zero-order valence-electron chi connectivity index (χ0n) is 9.40. The van der Waals surface area contributed by atoms with Gasteiger partial charge in [0.15, 0.2) is 0 Å². The predicted octanol–water partition coefficient (Wildman–Crippen LogP) is 4.20. The summed E-state index contributed by atoms with van der Waals surface area (Å²) in [5.74, 6) is 0.976. The highest BCUT2D eigenvalue weighted by Gasteiger charge is 2.05. The molecule has 17 heavy (non-hydrogen) atoms. The third kappa shape index (κ3) is 3.35. The van der Waals surface area contributed by atoms with E-state index in [0.29, 0.717) is 6.54 Å². The molecule has 0 saturated heterocycles. The summed E-state index contributed by atoms with van der Waals surface area (Å²) in [7, 11) is 0. The minimum Gasteiger partial charge on any atom is -0.326 e. The molecule has 0 aliphatic rings. The first-order valence-corrected chi connectivity index (χ1v) is 7.23. The van der Waals surface area contributed by atoms with Crippen molar-refractivity contribution in [2.24, 2.45) is 5.73 Å². The predicted molar refractivity (Wildman–Crippen MR) is 78.0 cm³/mol. The molecule has 0 radical (unpaired) electrons. The first-order valence-electron chi connectivity index (χ1n) is 5.45. The summed E-state index contributed by atoms with van der Waals surface area (Å²) >= 11 is 5.37. The van der Waals surface area contributed by atoms with Gasteiger partial charge in [-0.05, 0) is 23.3 Å². The van der Waals surface area contributed by atoms with Crippen LogP contribution in [0.15, 0.2) is 57.9 Å². The van der Waals surface area contributed by atoms with Gasteiger partial charge in [-0.25, -0.2) is 0 Å². The lowest BCUT2D eigenvalue weighted by Gasteiger charge is -2.09. The van der Waals surface area contributed by atoms with Crippen LogP contribution in [-0.2, 0) is 12.3 Å². The summed E-state index contributed by atoms with van der Waals surface area (Å²) < 4.78 is 1.10. The fourth-order valence-electron chi connectivity index (χ4n) is 1.61. The van der Waals surface area contributed by atoms with Gasteiger partial charge in [-0.3, -0.25) is 0 Å². The highest BCUT2D eigenvalue weighted by Crippen LogP contribution is 2.30. The highest BCUT2D eigenvalue weighted by molar-refractivity contribution is 9.10. The van der Waals surface area contributed by atoms with Gasteiger partial charge in [0.25, 0.3) is 0 Å². The van der Waals surface area contributed by atoms with Gasteiger partial charge in [0.2, 0.25) is 0 Å². The molecule has 2 rings (SSSR count). The SMILES string of the molecule is NCc1c(Br)cccc1SCc1ccccc1. The third-order valence-corrected chi connectivity index (χ3v) is 4.43. The van der Waals surface area contributed by atoms with Gasteiger partial charge in [0, 0.05) is 21.7 Å². The number of thioether (sulfide) groups is 1. The Morgan fingerprint density at radius 2 is 1.76 bits per heavy atom. The maximum atomic E-state index is 5.78. The van der Waals surface area contributed by atoms with E-state index in [9.17, 15) is 0 Å². The second kappa shape index (κ2) is 6.24. The second-order valence-corrected chi connectivity index (χ2v) is 5.57. The summed E-state index contributed by atoms with van der Waals surface area (Å²) in [5.41, 5.74) is 8.30. The molecule has 0 amide bonds. The van der Waals surface area contributed by atoms with Crippen molar-refractivity contribution in [1.82, 2.24) is 0 Å². The van der Waals surface area contributed by atoms with Crippen molar-refractivity contribution in [2.75, 3.05) is 0 Å². The van der Waals surface area contributed by atoms with Gasteiger partial charge in [-0.1, -0.05) is 52.3 Å². The van der Waals surface area contributed by atoms with Crippen molar-refractivity contribution in [2.45, 2.75) is 17.2 Å². The minimum absolute atomic E-state index is 0.568. The maximum Gasteiger partial charge on any atom is 0.0232 e. The van der Waals surface area contributed by atoms with Crippen molar-refractivity contribution in [3.05, 3.63) is 64.1 Å². The molecule has 0 fully saturated rings. The molecule has 0 spiro atoms. The summed E-state index contributed by atoms with van der Waals surface area (Å²) in [6.07, 6.45) is 0. The number of halogens is 1. The molecule has 0 aliphatic heterocycles. The molecule has 0 heterocycles. The monoisotopic (exact) mass is 307 g/mol. The van der Waals surface area contributed by atoms with Gasteiger partial charge < -0.3 is 5.73 Å². The van der Waals surface area contributed by atoms with Gasteiger partial charge >= 0.3 is 0 Å². The third-order valence-electron chi connectivity index (χ3n) is 2.52. The first-order chi connectivity index (χ1) is 8.31. The van der Waals surface area contributed by atoms with E-state index in [1.807, 2.05) is 23.9 Å². The zero-order chi connectivity index (χ0) is 12.1. The van der Waals surface area contributed by atoms with Gasteiger partial charge in [0.1, 0.15) is 0 Å². The number of hydrogen-bond acceptors (Lipinski definition) is 2. The van der Waals surface area contributed by atoms with E-state index in [1.54, 1.807) is 0 Å². The van der Waals surface area contributed by atoms with E-state index in [1.165, 1.54) is 16.0 Å². The van der Waals surface area contributed by atoms with E-state index >= 15 is 0 Å². The lowest BCUT2D eigenvalue weighted by molar-refractivity contribution is 1.02. The number of rotatable bonds is 4. The molecule has 1 nitrogen and oxygen atoms in total. The Kier molecular flexibility index (Phi) is 4.66. The standard InChI is InChI=1S/C14H14BrNS/c15-13-7-4-8-14(12(13)9-16)17-10-11-5-2-1-3-6-11/h1-8H,9-10,16H2. The van der Waals surface area contributed by atoms with E-state index in [2.05, 4.69) is 52.3 Å². The van der Waals surface area contributed by atoms with Crippen LogP contribution in [0.3, 0.4) is 0 Å². The average Bonchev–Trinajstić information content (AvgIpc) is 2.37. The maximum absolute atomic E-state index is 5.78. The van der Waals surface area contributed by atoms with Crippen molar-refractivity contribution in [3.8, 4) is 0 Å². The van der Waals surface area contributed by atoms with E-state index in [-0.39, 0.29) is 0 Å². The Labute approximate surface area is 115 Å². The smallest absolute Gasteiger partial charge is 0.0232 e. The van der Waals surface area contributed by atoms with Gasteiger partial charge in [0.05, 0.1) is 0 Å². The molecule has 2 aromatic carbocycles. The lowest BCUT2D eigenvalue weighted by atomic mass is 10.2. The van der Waals surface area contributed by atoms with Crippen molar-refractivity contribution < 1.29 is 0 Å². The van der Waals surface area contributed by atoms with Crippen LogP contribution in [0.4, 0.5) is 0 Å². The Morgan fingerprint density at radius 3 is 2.47 bits per heavy atom. The van der Waals surface area contributed by atoms with Crippen molar-refractivity contribution in [3.63, 3.8) is 0 Å². The first kappa shape index (κ1) is 12.7. The molecule has 0 unspecified atom stereocenters. The minimum atomic E-state index is 0.568. The van der Waals surface area contributed by atoms with Crippen LogP contribution >= 0.6 is 27.7 Å². The topological polar surface area (TPSA) is 26.0 Å². The zero-order valence-corrected chi connectivity index (χ0v) is 11.8. The van der Waals surface area contributed by atoms with E-state index in [4.69, 9.17) is 5.73 Å². The molecule has 0 saturated carbocycles. The Hall–Kier alpha value is -0.770. The number of hydrogen-bond donors (Lipinski definition) is 1. The summed E-state index contributed by atoms with van der Waals surface area (Å²) in [6.45, 7) is 0.568. The Morgan fingerprint density at radius 1 is 1.00 bits per heavy atom. The fraction of sp³-hybridized carbons (Fsp3) is 0.143. The quantitative estimate of drug-likeness (QED) is 0.857. The molecule has 88 valence electrons. The molecule has 2 aromatic rings. The second-order valence-electron chi connectivity index (χ2n) is 3.69. The molecular weight excluding hydrogens is 294 g/mol. The normalized spacial score (nSPS) is 10.5.